The normalized spacial score (nSPS) is 18.7. The number of benzene rings is 2. The Morgan fingerprint density at radius 2 is 1.79 bits per heavy atom. The summed E-state index contributed by atoms with van der Waals surface area (Å²) in [5.74, 6) is 0.793. The minimum atomic E-state index is -0.130. The fourth-order valence-corrected chi connectivity index (χ4v) is 4.74. The van der Waals surface area contributed by atoms with Crippen LogP contribution in [-0.2, 0) is 4.79 Å². The lowest BCUT2D eigenvalue weighted by molar-refractivity contribution is -0.126. The summed E-state index contributed by atoms with van der Waals surface area (Å²) in [6.07, 6.45) is 2.65. The lowest BCUT2D eigenvalue weighted by atomic mass is 10.0. The van der Waals surface area contributed by atoms with E-state index in [0.29, 0.717) is 48.9 Å². The number of aliphatic imine (C=N–C) groups is 1. The van der Waals surface area contributed by atoms with Gasteiger partial charge in [-0.1, -0.05) is 48.5 Å². The number of rotatable bonds is 3. The van der Waals surface area contributed by atoms with Crippen LogP contribution in [0.1, 0.15) is 35.0 Å². The molecule has 5 rings (SSSR count). The lowest BCUT2D eigenvalue weighted by Gasteiger charge is -2.39. The van der Waals surface area contributed by atoms with Crippen molar-refractivity contribution in [3.05, 3.63) is 77.7 Å². The number of aryl methyl sites for hydroxylation is 1. The molecule has 2 aliphatic heterocycles. The van der Waals surface area contributed by atoms with Crippen molar-refractivity contribution in [3.8, 4) is 0 Å². The largest absolute Gasteiger partial charge is 0.461 e. The van der Waals surface area contributed by atoms with Crippen LogP contribution < -0.4 is 5.32 Å². The van der Waals surface area contributed by atoms with Gasteiger partial charge in [0.25, 0.3) is 11.8 Å². The molecule has 1 N–H and O–H groups in total. The monoisotopic (exact) mass is 456 g/mol. The quantitative estimate of drug-likeness (QED) is 0.650. The van der Waals surface area contributed by atoms with Gasteiger partial charge in [-0.15, -0.1) is 0 Å². The molecule has 34 heavy (non-hydrogen) atoms. The van der Waals surface area contributed by atoms with Crippen molar-refractivity contribution in [3.63, 3.8) is 0 Å². The summed E-state index contributed by atoms with van der Waals surface area (Å²) in [6, 6.07) is 17.6. The van der Waals surface area contributed by atoms with E-state index in [0.717, 1.165) is 22.9 Å². The highest BCUT2D eigenvalue weighted by Crippen LogP contribution is 2.28. The van der Waals surface area contributed by atoms with Crippen LogP contribution >= 0.6 is 0 Å². The highest BCUT2D eigenvalue weighted by Gasteiger charge is 2.34. The number of amides is 2. The zero-order valence-corrected chi connectivity index (χ0v) is 19.5. The summed E-state index contributed by atoms with van der Waals surface area (Å²) in [5.41, 5.74) is 3.57. The number of carbonyl (C=O) groups is 2. The zero-order valence-electron chi connectivity index (χ0n) is 19.5. The summed E-state index contributed by atoms with van der Waals surface area (Å²) in [7, 11) is 0. The highest BCUT2D eigenvalue weighted by atomic mass is 16.3. The van der Waals surface area contributed by atoms with E-state index in [2.05, 4.69) is 22.4 Å². The SMILES string of the molecule is Cc1oc2ccccc2c1C(=O)N1CCN(C(=O)C2=NCCC(c3ccccc3)=CN2)CC1C. The van der Waals surface area contributed by atoms with Crippen LogP contribution in [0.5, 0.6) is 0 Å². The first-order valence-corrected chi connectivity index (χ1v) is 11.7. The number of fused-ring (bicyclic) bond motifs is 1. The molecule has 2 aromatic carbocycles. The van der Waals surface area contributed by atoms with E-state index in [1.807, 2.05) is 67.4 Å². The van der Waals surface area contributed by atoms with E-state index in [-0.39, 0.29) is 17.9 Å². The Morgan fingerprint density at radius 1 is 1.03 bits per heavy atom. The lowest BCUT2D eigenvalue weighted by Crippen LogP contribution is -2.57. The van der Waals surface area contributed by atoms with Crippen molar-refractivity contribution in [2.24, 2.45) is 4.99 Å². The van der Waals surface area contributed by atoms with Gasteiger partial charge < -0.3 is 19.5 Å². The van der Waals surface area contributed by atoms with Crippen LogP contribution in [-0.4, -0.2) is 59.7 Å². The van der Waals surface area contributed by atoms with Gasteiger partial charge in [-0.05, 0) is 37.5 Å². The fraction of sp³-hybridized carbons (Fsp3) is 0.296. The number of piperazine rings is 1. The van der Waals surface area contributed by atoms with E-state index in [1.54, 1.807) is 4.90 Å². The van der Waals surface area contributed by atoms with E-state index in [1.165, 1.54) is 0 Å². The van der Waals surface area contributed by atoms with Crippen molar-refractivity contribution in [1.82, 2.24) is 15.1 Å². The maximum Gasteiger partial charge on any atom is 0.289 e. The van der Waals surface area contributed by atoms with E-state index >= 15 is 0 Å². The highest BCUT2D eigenvalue weighted by molar-refractivity contribution is 6.38. The standard InChI is InChI=1S/C27H28N4O3/c1-18-17-30(27(33)25-28-13-12-21(16-29-25)20-8-4-3-5-9-20)14-15-31(18)26(32)24-19(2)34-23-11-7-6-10-22(23)24/h3-11,16,18H,12-15,17H2,1-2H3,(H,28,29). The molecule has 2 amide bonds. The molecule has 1 unspecified atom stereocenters. The Morgan fingerprint density at radius 3 is 2.59 bits per heavy atom. The third-order valence-electron chi connectivity index (χ3n) is 6.54. The smallest absolute Gasteiger partial charge is 0.289 e. The maximum absolute atomic E-state index is 13.4. The van der Waals surface area contributed by atoms with Gasteiger partial charge in [0, 0.05) is 43.8 Å². The van der Waals surface area contributed by atoms with Gasteiger partial charge in [-0.3, -0.25) is 14.6 Å². The zero-order chi connectivity index (χ0) is 23.7. The second kappa shape index (κ2) is 9.17. The summed E-state index contributed by atoms with van der Waals surface area (Å²) < 4.78 is 5.80. The Kier molecular flexibility index (Phi) is 5.92. The molecule has 7 heteroatoms. The minimum absolute atomic E-state index is 0.0533. The van der Waals surface area contributed by atoms with Crippen LogP contribution in [0.3, 0.4) is 0 Å². The third-order valence-corrected chi connectivity index (χ3v) is 6.54. The molecular formula is C27H28N4O3. The van der Waals surface area contributed by atoms with Crippen LogP contribution in [0.15, 0.2) is 70.2 Å². The van der Waals surface area contributed by atoms with Gasteiger partial charge in [0.2, 0.25) is 0 Å². The predicted octanol–water partition coefficient (Wildman–Crippen LogP) is 3.85. The van der Waals surface area contributed by atoms with E-state index in [4.69, 9.17) is 4.42 Å². The Labute approximate surface area is 198 Å². The first-order chi connectivity index (χ1) is 16.5. The van der Waals surface area contributed by atoms with Crippen molar-refractivity contribution >= 4 is 34.2 Å². The molecule has 0 saturated carbocycles. The van der Waals surface area contributed by atoms with Gasteiger partial charge in [0.15, 0.2) is 5.84 Å². The summed E-state index contributed by atoms with van der Waals surface area (Å²) in [4.78, 5) is 34.8. The maximum atomic E-state index is 13.4. The molecule has 3 aromatic rings. The third kappa shape index (κ3) is 4.09. The average molecular weight is 457 g/mol. The fourth-order valence-electron chi connectivity index (χ4n) is 4.74. The van der Waals surface area contributed by atoms with Crippen LogP contribution in [0.2, 0.25) is 0 Å². The van der Waals surface area contributed by atoms with Crippen molar-refractivity contribution in [2.75, 3.05) is 26.2 Å². The summed E-state index contributed by atoms with van der Waals surface area (Å²) in [6.45, 7) is 5.73. The predicted molar refractivity (Wildman–Crippen MR) is 133 cm³/mol. The molecule has 0 radical (unpaired) electrons. The van der Waals surface area contributed by atoms with Crippen molar-refractivity contribution in [2.45, 2.75) is 26.3 Å². The first kappa shape index (κ1) is 21.9. The molecule has 0 bridgehead atoms. The van der Waals surface area contributed by atoms with E-state index < -0.39 is 0 Å². The van der Waals surface area contributed by atoms with Gasteiger partial charge in [0.05, 0.1) is 5.56 Å². The number of amidine groups is 1. The molecular weight excluding hydrogens is 428 g/mol. The summed E-state index contributed by atoms with van der Waals surface area (Å²) in [5, 5.41) is 3.96. The molecule has 7 nitrogen and oxygen atoms in total. The van der Waals surface area contributed by atoms with Crippen LogP contribution in [0.25, 0.3) is 16.5 Å². The number of nitrogens with zero attached hydrogens (tertiary/aromatic N) is 3. The number of hydrogen-bond donors (Lipinski definition) is 1. The Hall–Kier alpha value is -3.87. The van der Waals surface area contributed by atoms with Crippen molar-refractivity contribution < 1.29 is 14.0 Å². The molecule has 1 atom stereocenters. The van der Waals surface area contributed by atoms with Crippen LogP contribution in [0, 0.1) is 6.92 Å². The van der Waals surface area contributed by atoms with E-state index in [9.17, 15) is 9.59 Å². The average Bonchev–Trinajstić information content (AvgIpc) is 3.02. The summed E-state index contributed by atoms with van der Waals surface area (Å²) >= 11 is 0. The number of para-hydroxylation sites is 1. The molecule has 174 valence electrons. The number of hydrogen-bond acceptors (Lipinski definition) is 5. The molecule has 0 spiro atoms. The second-order valence-electron chi connectivity index (χ2n) is 8.79. The van der Waals surface area contributed by atoms with Gasteiger partial charge in [-0.2, -0.15) is 0 Å². The number of carbonyl (C=O) groups excluding carboxylic acids is 2. The molecule has 1 aromatic heterocycles. The molecule has 0 aliphatic carbocycles. The van der Waals surface area contributed by atoms with Crippen molar-refractivity contribution in [1.29, 1.82) is 0 Å². The Bertz CT molecular complexity index is 1290. The second-order valence-corrected chi connectivity index (χ2v) is 8.79. The number of furan rings is 1. The molecule has 3 heterocycles. The molecule has 1 fully saturated rings. The van der Waals surface area contributed by atoms with Gasteiger partial charge in [-0.25, -0.2) is 0 Å². The van der Waals surface area contributed by atoms with Crippen LogP contribution in [0.4, 0.5) is 0 Å². The first-order valence-electron chi connectivity index (χ1n) is 11.7. The molecule has 1 saturated heterocycles. The van der Waals surface area contributed by atoms with Gasteiger partial charge in [0.1, 0.15) is 11.3 Å². The number of nitrogens with one attached hydrogen (secondary N) is 1. The van der Waals surface area contributed by atoms with Gasteiger partial charge >= 0.3 is 0 Å². The molecule has 2 aliphatic rings. The topological polar surface area (TPSA) is 78.2 Å². The minimum Gasteiger partial charge on any atom is -0.461 e. The Balaban J connectivity index is 1.27.